The zero-order valence-electron chi connectivity index (χ0n) is 13.8. The Morgan fingerprint density at radius 3 is 2.79 bits per heavy atom. The second kappa shape index (κ2) is 6.90. The molecule has 0 aliphatic carbocycles. The molecule has 7 heteroatoms. The van der Waals surface area contributed by atoms with Crippen LogP contribution in [0.1, 0.15) is 36.0 Å². The fourth-order valence-electron chi connectivity index (χ4n) is 3.35. The lowest BCUT2D eigenvalue weighted by molar-refractivity contribution is -0.137. The van der Waals surface area contributed by atoms with Gasteiger partial charge in [0.2, 0.25) is 0 Å². The second-order valence-corrected chi connectivity index (χ2v) is 6.29. The lowest BCUT2D eigenvalue weighted by Crippen LogP contribution is -2.40. The second-order valence-electron chi connectivity index (χ2n) is 6.29. The maximum atomic E-state index is 13.0. The first-order chi connectivity index (χ1) is 11.6. The SMILES string of the molecule is Cn1ncc(C(=O)N2CCC[C@@H](CCC(=O)O)C2)c1-n1cccc1. The van der Waals surface area contributed by atoms with Gasteiger partial charge in [0.05, 0.1) is 6.20 Å². The quantitative estimate of drug-likeness (QED) is 0.908. The zero-order valence-corrected chi connectivity index (χ0v) is 13.8. The largest absolute Gasteiger partial charge is 0.481 e. The third kappa shape index (κ3) is 3.34. The highest BCUT2D eigenvalue weighted by Gasteiger charge is 2.28. The van der Waals surface area contributed by atoms with Crippen LogP contribution >= 0.6 is 0 Å². The number of rotatable bonds is 5. The number of carbonyl (C=O) groups is 2. The van der Waals surface area contributed by atoms with Gasteiger partial charge in [0.25, 0.3) is 5.91 Å². The fourth-order valence-corrected chi connectivity index (χ4v) is 3.35. The van der Waals surface area contributed by atoms with Crippen molar-refractivity contribution in [1.82, 2.24) is 19.2 Å². The number of aromatic nitrogens is 3. The molecule has 2 aromatic heterocycles. The summed E-state index contributed by atoms with van der Waals surface area (Å²) in [5.41, 5.74) is 0.576. The van der Waals surface area contributed by atoms with Gasteiger partial charge in [-0.05, 0) is 37.3 Å². The van der Waals surface area contributed by atoms with Crippen molar-refractivity contribution in [3.8, 4) is 5.82 Å². The van der Waals surface area contributed by atoms with Crippen LogP contribution in [0.15, 0.2) is 30.7 Å². The maximum absolute atomic E-state index is 13.0. The van der Waals surface area contributed by atoms with E-state index in [0.717, 1.165) is 18.7 Å². The summed E-state index contributed by atoms with van der Waals surface area (Å²) in [6.07, 6.45) is 8.06. The summed E-state index contributed by atoms with van der Waals surface area (Å²) in [4.78, 5) is 25.6. The summed E-state index contributed by atoms with van der Waals surface area (Å²) in [6.45, 7) is 1.33. The van der Waals surface area contributed by atoms with E-state index in [4.69, 9.17) is 5.11 Å². The predicted molar refractivity (Wildman–Crippen MR) is 88.0 cm³/mol. The molecule has 0 unspecified atom stereocenters. The van der Waals surface area contributed by atoms with Crippen molar-refractivity contribution in [3.63, 3.8) is 0 Å². The van der Waals surface area contributed by atoms with E-state index < -0.39 is 5.97 Å². The number of carboxylic acids is 1. The summed E-state index contributed by atoms with van der Waals surface area (Å²) in [6, 6.07) is 3.81. The van der Waals surface area contributed by atoms with Crippen LogP contribution < -0.4 is 0 Å². The third-order valence-corrected chi connectivity index (χ3v) is 4.56. The van der Waals surface area contributed by atoms with Crippen LogP contribution in [0, 0.1) is 5.92 Å². The number of likely N-dealkylation sites (tertiary alicyclic amines) is 1. The molecule has 2 aromatic rings. The molecular weight excluding hydrogens is 308 g/mol. The Hall–Kier alpha value is -2.57. The molecule has 1 aliphatic rings. The van der Waals surface area contributed by atoms with Crippen molar-refractivity contribution in [2.45, 2.75) is 25.7 Å². The molecule has 7 nitrogen and oxygen atoms in total. The average molecular weight is 330 g/mol. The topological polar surface area (TPSA) is 80.4 Å². The molecule has 1 aliphatic heterocycles. The minimum Gasteiger partial charge on any atom is -0.481 e. The molecule has 3 heterocycles. The molecule has 1 atom stereocenters. The van der Waals surface area contributed by atoms with Crippen molar-refractivity contribution >= 4 is 11.9 Å². The molecule has 128 valence electrons. The first-order valence-electron chi connectivity index (χ1n) is 8.22. The first kappa shape index (κ1) is 16.3. The summed E-state index contributed by atoms with van der Waals surface area (Å²) >= 11 is 0. The number of aliphatic carboxylic acids is 1. The monoisotopic (exact) mass is 330 g/mol. The van der Waals surface area contributed by atoms with Crippen LogP contribution in [0.3, 0.4) is 0 Å². The van der Waals surface area contributed by atoms with Gasteiger partial charge in [0.1, 0.15) is 11.4 Å². The highest BCUT2D eigenvalue weighted by molar-refractivity contribution is 5.97. The van der Waals surface area contributed by atoms with Gasteiger partial charge in [-0.25, -0.2) is 0 Å². The molecule has 0 spiro atoms. The molecule has 24 heavy (non-hydrogen) atoms. The van der Waals surface area contributed by atoms with Gasteiger partial charge in [-0.15, -0.1) is 0 Å². The van der Waals surface area contributed by atoms with E-state index >= 15 is 0 Å². The van der Waals surface area contributed by atoms with E-state index in [1.165, 1.54) is 0 Å². The number of carboxylic acid groups (broad SMARTS) is 1. The van der Waals surface area contributed by atoms with Gasteiger partial charge in [0, 0.05) is 39.0 Å². The Morgan fingerprint density at radius 1 is 1.33 bits per heavy atom. The molecule has 0 bridgehead atoms. The van der Waals surface area contributed by atoms with Crippen molar-refractivity contribution in [2.75, 3.05) is 13.1 Å². The lowest BCUT2D eigenvalue weighted by Gasteiger charge is -2.32. The van der Waals surface area contributed by atoms with Gasteiger partial charge in [-0.1, -0.05) is 0 Å². The molecule has 0 saturated carbocycles. The summed E-state index contributed by atoms with van der Waals surface area (Å²) in [7, 11) is 1.82. The standard InChI is InChI=1S/C17H22N4O3/c1-19-16(20-8-2-3-9-20)14(11-18-19)17(24)21-10-4-5-13(12-21)6-7-15(22)23/h2-3,8-9,11,13H,4-7,10,12H2,1H3,(H,22,23)/t13-/m0/s1. The van der Waals surface area contributed by atoms with E-state index in [9.17, 15) is 9.59 Å². The maximum Gasteiger partial charge on any atom is 0.303 e. The van der Waals surface area contributed by atoms with Gasteiger partial charge in [0.15, 0.2) is 0 Å². The van der Waals surface area contributed by atoms with Crippen LogP contribution in [0.4, 0.5) is 0 Å². The molecule has 1 N–H and O–H groups in total. The van der Waals surface area contributed by atoms with Crippen molar-refractivity contribution in [2.24, 2.45) is 13.0 Å². The number of carbonyl (C=O) groups excluding carboxylic acids is 1. The average Bonchev–Trinajstić information content (AvgIpc) is 3.21. The van der Waals surface area contributed by atoms with Gasteiger partial charge < -0.3 is 14.6 Å². The van der Waals surface area contributed by atoms with Crippen LogP contribution in [-0.4, -0.2) is 49.3 Å². The molecular formula is C17H22N4O3. The molecule has 0 aromatic carbocycles. The molecule has 0 radical (unpaired) electrons. The first-order valence-corrected chi connectivity index (χ1v) is 8.22. The van der Waals surface area contributed by atoms with Crippen molar-refractivity contribution < 1.29 is 14.7 Å². The number of amides is 1. The minimum atomic E-state index is -0.777. The Kier molecular flexibility index (Phi) is 4.69. The Bertz CT molecular complexity index is 720. The fraction of sp³-hybridized carbons (Fsp3) is 0.471. The van der Waals surface area contributed by atoms with Crippen LogP contribution in [0.5, 0.6) is 0 Å². The van der Waals surface area contributed by atoms with E-state index in [1.807, 2.05) is 41.0 Å². The molecule has 1 saturated heterocycles. The highest BCUT2D eigenvalue weighted by atomic mass is 16.4. The van der Waals surface area contributed by atoms with Crippen molar-refractivity contribution in [1.29, 1.82) is 0 Å². The number of nitrogens with zero attached hydrogens (tertiary/aromatic N) is 4. The van der Waals surface area contributed by atoms with E-state index in [2.05, 4.69) is 5.10 Å². The Morgan fingerprint density at radius 2 is 2.08 bits per heavy atom. The molecule has 3 rings (SSSR count). The Labute approximate surface area is 140 Å². The summed E-state index contributed by atoms with van der Waals surface area (Å²) in [5.74, 6) is 0.190. The highest BCUT2D eigenvalue weighted by Crippen LogP contribution is 2.24. The number of hydrogen-bond donors (Lipinski definition) is 1. The molecule has 1 amide bonds. The summed E-state index contributed by atoms with van der Waals surface area (Å²) in [5, 5.41) is 13.1. The van der Waals surface area contributed by atoms with Crippen LogP contribution in [0.25, 0.3) is 5.82 Å². The smallest absolute Gasteiger partial charge is 0.303 e. The predicted octanol–water partition coefficient (Wildman–Crippen LogP) is 1.93. The van der Waals surface area contributed by atoms with Crippen LogP contribution in [0.2, 0.25) is 0 Å². The normalized spacial score (nSPS) is 17.9. The van der Waals surface area contributed by atoms with E-state index in [1.54, 1.807) is 10.9 Å². The number of hydrogen-bond acceptors (Lipinski definition) is 3. The zero-order chi connectivity index (χ0) is 17.1. The van der Waals surface area contributed by atoms with Gasteiger partial charge in [-0.2, -0.15) is 5.10 Å². The van der Waals surface area contributed by atoms with Crippen molar-refractivity contribution in [3.05, 3.63) is 36.3 Å². The van der Waals surface area contributed by atoms with E-state index in [0.29, 0.717) is 25.1 Å². The minimum absolute atomic E-state index is 0.0353. The Balaban J connectivity index is 1.76. The van der Waals surface area contributed by atoms with Crippen LogP contribution in [-0.2, 0) is 11.8 Å². The number of piperidine rings is 1. The lowest BCUT2D eigenvalue weighted by atomic mass is 9.93. The third-order valence-electron chi connectivity index (χ3n) is 4.56. The van der Waals surface area contributed by atoms with E-state index in [-0.39, 0.29) is 18.2 Å². The summed E-state index contributed by atoms with van der Waals surface area (Å²) < 4.78 is 3.57. The molecule has 1 fully saturated rings. The number of aryl methyl sites for hydroxylation is 1. The van der Waals surface area contributed by atoms with Gasteiger partial charge >= 0.3 is 5.97 Å². The van der Waals surface area contributed by atoms with Gasteiger partial charge in [-0.3, -0.25) is 14.3 Å².